The predicted molar refractivity (Wildman–Crippen MR) is 275 cm³/mol. The molecule has 1 unspecified atom stereocenters. The van der Waals surface area contributed by atoms with Gasteiger partial charge in [0.25, 0.3) is 11.8 Å². The van der Waals surface area contributed by atoms with E-state index in [0.717, 1.165) is 49.9 Å². The smallest absolute Gasteiger partial charge is 0.254 e. The van der Waals surface area contributed by atoms with Gasteiger partial charge in [-0.05, 0) is 59.7 Å². The number of alkyl halides is 1. The lowest BCUT2D eigenvalue weighted by Crippen LogP contribution is -2.52. The molecule has 2 saturated heterocycles. The molecule has 3 aliphatic rings. The maximum Gasteiger partial charge on any atom is 0.254 e. The van der Waals surface area contributed by atoms with E-state index in [1.807, 2.05) is 97.1 Å². The predicted octanol–water partition coefficient (Wildman–Crippen LogP) is 7.70. The molecular weight excluding hydrogens is 1020 g/mol. The highest BCUT2D eigenvalue weighted by Gasteiger charge is 2.27. The van der Waals surface area contributed by atoms with Crippen molar-refractivity contribution in [1.29, 1.82) is 0 Å². The van der Waals surface area contributed by atoms with Gasteiger partial charge in [-0.3, -0.25) is 29.0 Å². The number of hydrogen-bond acceptors (Lipinski definition) is 7. The summed E-state index contributed by atoms with van der Waals surface area (Å²) in [5.74, 6) is -0.598. The van der Waals surface area contributed by atoms with Crippen molar-refractivity contribution in [3.63, 3.8) is 0 Å². The van der Waals surface area contributed by atoms with Gasteiger partial charge in [0, 0.05) is 126 Å². The summed E-state index contributed by atoms with van der Waals surface area (Å²) in [6, 6.07) is 20.8. The van der Waals surface area contributed by atoms with Crippen LogP contribution in [0.2, 0.25) is 10.0 Å². The molecule has 4 amide bonds. The molecule has 0 radical (unpaired) electrons. The molecule has 17 heteroatoms. The summed E-state index contributed by atoms with van der Waals surface area (Å²) in [6.07, 6.45) is 12.6. The van der Waals surface area contributed by atoms with E-state index in [1.165, 1.54) is 0 Å². The van der Waals surface area contributed by atoms with E-state index >= 15 is 0 Å². The summed E-state index contributed by atoms with van der Waals surface area (Å²) < 4.78 is 6.54. The molecule has 13 nitrogen and oxygen atoms in total. The Bertz CT molecular complexity index is 2670. The molecule has 4 heterocycles. The third-order valence-electron chi connectivity index (χ3n) is 12.2. The number of halogens is 4. The Morgan fingerprint density at radius 1 is 0.672 bits per heavy atom. The van der Waals surface area contributed by atoms with E-state index in [9.17, 15) is 19.2 Å². The first kappa shape index (κ1) is 48.5. The number of amides is 4. The Balaban J connectivity index is 0.719. The summed E-state index contributed by atoms with van der Waals surface area (Å²) in [4.78, 5) is 68.3. The second-order valence-corrected chi connectivity index (χ2v) is 19.7. The maximum atomic E-state index is 13.6. The van der Waals surface area contributed by atoms with Gasteiger partial charge in [-0.1, -0.05) is 110 Å². The highest BCUT2D eigenvalue weighted by atomic mass is 79.9. The summed E-state index contributed by atoms with van der Waals surface area (Å²) in [5.41, 5.74) is 7.38. The standard InChI is InChI=1S/C50H52Br2Cl2N8O5/c51-35-7-13-39-43(29-35)57-41(15-5-33-1-9-37(53)10-2-33)47(39)49(65)55-17-19-59-21-25-61(26-22-59)45(63)31-67-32-46(64)62-27-23-60(24-28-62)20-18-56-50(66)48-40-14-8-36(52)30-44(40)58-42(48)16-6-34-3-11-38(54)12-4-34/h1-16,29,36,57-58H,17-28,30-32H2,(H,55,65)(H,56,66)/b15-5+,16-6+. The van der Waals surface area contributed by atoms with Gasteiger partial charge >= 0.3 is 0 Å². The monoisotopic (exact) mass is 1070 g/mol. The van der Waals surface area contributed by atoms with E-state index in [2.05, 4.69) is 68.3 Å². The number of benzene rings is 3. The highest BCUT2D eigenvalue weighted by molar-refractivity contribution is 9.10. The van der Waals surface area contributed by atoms with E-state index in [-0.39, 0.29) is 41.7 Å². The summed E-state index contributed by atoms with van der Waals surface area (Å²) in [7, 11) is 0. The number of fused-ring (bicyclic) bond motifs is 2. The Morgan fingerprint density at radius 3 is 1.72 bits per heavy atom. The number of hydrogen-bond donors (Lipinski definition) is 4. The van der Waals surface area contributed by atoms with Crippen LogP contribution in [-0.2, 0) is 20.7 Å². The fourth-order valence-electron chi connectivity index (χ4n) is 8.52. The zero-order chi connectivity index (χ0) is 46.9. The Kier molecular flexibility index (Phi) is 16.5. The molecular formula is C50H52Br2Cl2N8O5. The Labute approximate surface area is 416 Å². The molecule has 67 heavy (non-hydrogen) atoms. The first-order valence-corrected chi connectivity index (χ1v) is 24.8. The molecule has 0 bridgehead atoms. The minimum absolute atomic E-state index is 0.139. The molecule has 4 N–H and O–H groups in total. The van der Waals surface area contributed by atoms with Crippen molar-refractivity contribution in [3.05, 3.63) is 132 Å². The molecule has 8 rings (SSSR count). The van der Waals surface area contributed by atoms with Crippen LogP contribution < -0.4 is 10.6 Å². The van der Waals surface area contributed by atoms with Crippen LogP contribution >= 0.6 is 55.1 Å². The quantitative estimate of drug-likeness (QED) is 0.0742. The van der Waals surface area contributed by atoms with Gasteiger partial charge in [0.15, 0.2) is 0 Å². The molecule has 350 valence electrons. The SMILES string of the molecule is O=C(NCCN1CCN(C(=O)COCC(=O)N2CCN(CCNC(=O)c3c(/C=C/c4ccc(Cl)cc4)[nH]c4cc(Br)ccc34)CC2)CC1)c1c(/C=C/c2ccc(Cl)cc2)[nH]c2c1C=CC(Br)C2. The minimum atomic E-state index is -0.167. The molecule has 1 atom stereocenters. The fourth-order valence-corrected chi connectivity index (χ4v) is 9.60. The second-order valence-electron chi connectivity index (χ2n) is 16.7. The van der Waals surface area contributed by atoms with Gasteiger partial charge in [-0.25, -0.2) is 0 Å². The van der Waals surface area contributed by atoms with Crippen LogP contribution in [0, 0.1) is 0 Å². The number of H-pyrrole nitrogens is 2. The van der Waals surface area contributed by atoms with Gasteiger partial charge in [-0.2, -0.15) is 0 Å². The topological polar surface area (TPSA) is 146 Å². The van der Waals surface area contributed by atoms with Crippen LogP contribution in [0.1, 0.15) is 54.5 Å². The van der Waals surface area contributed by atoms with Gasteiger partial charge in [-0.15, -0.1) is 0 Å². The van der Waals surface area contributed by atoms with Gasteiger partial charge in [0.2, 0.25) is 11.8 Å². The zero-order valence-corrected chi connectivity index (χ0v) is 41.5. The van der Waals surface area contributed by atoms with Crippen molar-refractivity contribution in [2.24, 2.45) is 0 Å². The van der Waals surface area contributed by atoms with Crippen molar-refractivity contribution in [1.82, 2.24) is 40.2 Å². The number of aromatic amines is 2. The molecule has 0 spiro atoms. The first-order chi connectivity index (χ1) is 32.5. The van der Waals surface area contributed by atoms with Crippen LogP contribution in [0.5, 0.6) is 0 Å². The largest absolute Gasteiger partial charge is 0.362 e. The molecule has 3 aromatic carbocycles. The number of piperazine rings is 2. The Hall–Kier alpha value is -5.00. The second kappa shape index (κ2) is 22.9. The van der Waals surface area contributed by atoms with Crippen molar-refractivity contribution in [2.75, 3.05) is 91.8 Å². The van der Waals surface area contributed by atoms with Crippen LogP contribution in [0.25, 0.3) is 41.3 Å². The number of carbonyl (C=O) groups is 4. The van der Waals surface area contributed by atoms with Gasteiger partial charge in [0.05, 0.1) is 22.5 Å². The van der Waals surface area contributed by atoms with Crippen molar-refractivity contribution in [2.45, 2.75) is 11.2 Å². The zero-order valence-electron chi connectivity index (χ0n) is 36.8. The van der Waals surface area contributed by atoms with Gasteiger partial charge < -0.3 is 35.1 Å². The number of rotatable bonds is 16. The molecule has 2 aliphatic heterocycles. The first-order valence-electron chi connectivity index (χ1n) is 22.4. The number of nitrogens with zero attached hydrogens (tertiary/aromatic N) is 4. The molecule has 2 fully saturated rings. The summed E-state index contributed by atoms with van der Waals surface area (Å²) in [5, 5.41) is 8.37. The van der Waals surface area contributed by atoms with Crippen molar-refractivity contribution in [3.8, 4) is 0 Å². The average Bonchev–Trinajstić information content (AvgIpc) is 3.88. The maximum absolute atomic E-state index is 13.6. The van der Waals surface area contributed by atoms with Crippen molar-refractivity contribution >= 4 is 120 Å². The summed E-state index contributed by atoms with van der Waals surface area (Å²) in [6.45, 7) is 6.70. The van der Waals surface area contributed by atoms with E-state index in [1.54, 1.807) is 9.80 Å². The lowest BCUT2D eigenvalue weighted by atomic mass is 10.00. The Morgan fingerprint density at radius 2 is 1.18 bits per heavy atom. The van der Waals surface area contributed by atoms with Crippen LogP contribution in [0.3, 0.4) is 0 Å². The highest BCUT2D eigenvalue weighted by Crippen LogP contribution is 2.30. The third-order valence-corrected chi connectivity index (χ3v) is 13.8. The van der Waals surface area contributed by atoms with E-state index in [4.69, 9.17) is 27.9 Å². The average molecular weight is 1080 g/mol. The molecule has 5 aromatic rings. The summed E-state index contributed by atoms with van der Waals surface area (Å²) >= 11 is 19.3. The lowest BCUT2D eigenvalue weighted by Gasteiger charge is -2.35. The van der Waals surface area contributed by atoms with Crippen LogP contribution in [-0.4, -0.2) is 150 Å². The van der Waals surface area contributed by atoms with Crippen LogP contribution in [0.15, 0.2) is 77.3 Å². The number of carbonyl (C=O) groups excluding carboxylic acids is 4. The molecule has 2 aromatic heterocycles. The van der Waals surface area contributed by atoms with Gasteiger partial charge in [0.1, 0.15) is 13.2 Å². The molecule has 1 aliphatic carbocycles. The third kappa shape index (κ3) is 12.8. The number of allylic oxidation sites excluding steroid dienone is 1. The van der Waals surface area contributed by atoms with E-state index < -0.39 is 0 Å². The lowest BCUT2D eigenvalue weighted by molar-refractivity contribution is -0.143. The van der Waals surface area contributed by atoms with E-state index in [0.29, 0.717) is 105 Å². The number of nitrogens with one attached hydrogen (secondary N) is 4. The number of ether oxygens (including phenoxy) is 1. The minimum Gasteiger partial charge on any atom is -0.362 e. The van der Waals surface area contributed by atoms with Crippen LogP contribution in [0.4, 0.5) is 0 Å². The number of aromatic nitrogens is 2. The fraction of sp³-hybridized carbons (Fsp3) is 0.320. The normalized spacial score (nSPS) is 16.9. The van der Waals surface area contributed by atoms with Crippen molar-refractivity contribution < 1.29 is 23.9 Å². The molecule has 0 saturated carbocycles.